The van der Waals surface area contributed by atoms with E-state index in [1.54, 1.807) is 34.8 Å². The summed E-state index contributed by atoms with van der Waals surface area (Å²) in [5.74, 6) is -0.737. The topological polar surface area (TPSA) is 249 Å². The minimum absolute atomic E-state index is 0.0524. The molecule has 0 spiro atoms. The van der Waals surface area contributed by atoms with E-state index in [-0.39, 0.29) is 42.7 Å². The van der Waals surface area contributed by atoms with E-state index in [2.05, 4.69) is 13.8 Å². The van der Waals surface area contributed by atoms with Crippen molar-refractivity contribution in [2.45, 2.75) is 295 Å². The minimum atomic E-state index is -1.29. The molecule has 17 unspecified atom stereocenters. The fourth-order valence-corrected chi connectivity index (χ4v) is 12.4. The number of rotatable bonds is 35. The molecule has 2 N–H and O–H groups in total. The Hall–Kier alpha value is -3.17. The second-order valence-corrected chi connectivity index (χ2v) is 23.9. The first-order valence-corrected chi connectivity index (χ1v) is 31.6. The molecule has 86 heavy (non-hydrogen) atoms. The molecule has 0 radical (unpaired) electrons. The van der Waals surface area contributed by atoms with Gasteiger partial charge in [0.2, 0.25) is 6.29 Å². The highest BCUT2D eigenvalue weighted by atomic mass is 16.8. The Labute approximate surface area is 512 Å². The van der Waals surface area contributed by atoms with Crippen molar-refractivity contribution in [1.29, 1.82) is 0 Å². The molecule has 4 saturated heterocycles. The first-order valence-electron chi connectivity index (χ1n) is 31.6. The minimum Gasteiger partial charge on any atom is -0.462 e. The van der Waals surface area contributed by atoms with Gasteiger partial charge in [-0.05, 0) is 89.8 Å². The third-order valence-corrected chi connectivity index (χ3v) is 17.4. The monoisotopic (exact) mass is 1230 g/mol. The van der Waals surface area contributed by atoms with Gasteiger partial charge in [-0.25, -0.2) is 0 Å². The number of hydrogen-bond donors (Lipinski definition) is 2. The molecule has 22 nitrogen and oxygen atoms in total. The van der Waals surface area contributed by atoms with Crippen LogP contribution in [0.25, 0.3) is 0 Å². The lowest BCUT2D eigenvalue weighted by Gasteiger charge is -2.50. The molecule has 0 aliphatic carbocycles. The highest BCUT2D eigenvalue weighted by molar-refractivity contribution is 5.73. The highest BCUT2D eigenvalue weighted by Crippen LogP contribution is 2.38. The molecule has 0 aromatic heterocycles. The zero-order chi connectivity index (χ0) is 63.4. The van der Waals surface area contributed by atoms with Crippen molar-refractivity contribution < 1.29 is 105 Å². The summed E-state index contributed by atoms with van der Waals surface area (Å²) in [6.07, 6.45) is -10.6. The number of methoxy groups -OCH3 is 6. The van der Waals surface area contributed by atoms with Crippen LogP contribution in [0.4, 0.5) is 0 Å². The van der Waals surface area contributed by atoms with Crippen LogP contribution in [0.3, 0.4) is 0 Å². The number of hydrogen-bond acceptors (Lipinski definition) is 22. The van der Waals surface area contributed by atoms with Crippen molar-refractivity contribution in [3.63, 3.8) is 0 Å². The summed E-state index contributed by atoms with van der Waals surface area (Å²) in [7, 11) is 9.16. The quantitative estimate of drug-likeness (QED) is 0.0371. The molecule has 4 aliphatic rings. The summed E-state index contributed by atoms with van der Waals surface area (Å²) in [6, 6.07) is 7.44. The van der Waals surface area contributed by atoms with Crippen molar-refractivity contribution in [2.24, 2.45) is 17.8 Å². The smallest absolute Gasteiger partial charge is 0.308 e. The number of benzene rings is 1. The van der Waals surface area contributed by atoms with Crippen molar-refractivity contribution in [3.05, 3.63) is 29.8 Å². The highest BCUT2D eigenvalue weighted by Gasteiger charge is 2.56. The molecular weight excluding hydrogens is 1120 g/mol. The van der Waals surface area contributed by atoms with Crippen LogP contribution in [0.2, 0.25) is 0 Å². The van der Waals surface area contributed by atoms with E-state index >= 15 is 0 Å². The number of unbranched alkanes of at least 4 members (excludes halogenated alkanes) is 1. The van der Waals surface area contributed by atoms with Crippen LogP contribution in [-0.2, 0) is 96.6 Å². The van der Waals surface area contributed by atoms with Crippen molar-refractivity contribution in [1.82, 2.24) is 0 Å². The van der Waals surface area contributed by atoms with Gasteiger partial charge in [0.25, 0.3) is 0 Å². The zero-order valence-corrected chi connectivity index (χ0v) is 54.5. The van der Waals surface area contributed by atoms with E-state index in [4.69, 9.17) is 80.5 Å². The van der Waals surface area contributed by atoms with Crippen LogP contribution < -0.4 is 4.74 Å². The molecule has 0 bridgehead atoms. The third-order valence-electron chi connectivity index (χ3n) is 17.4. The van der Waals surface area contributed by atoms with Gasteiger partial charge in [-0.3, -0.25) is 14.4 Å². The maximum absolute atomic E-state index is 13.6. The van der Waals surface area contributed by atoms with E-state index in [0.29, 0.717) is 37.4 Å². The molecule has 4 aliphatic heterocycles. The fraction of sp³-hybridized carbons (Fsp3) is 0.859. The van der Waals surface area contributed by atoms with Gasteiger partial charge in [0.15, 0.2) is 25.0 Å². The van der Waals surface area contributed by atoms with Crippen LogP contribution in [-0.4, -0.2) is 206 Å². The van der Waals surface area contributed by atoms with Crippen LogP contribution in [0.5, 0.6) is 5.75 Å². The maximum Gasteiger partial charge on any atom is 0.308 e. The maximum atomic E-state index is 13.6. The molecule has 1 aromatic rings. The first kappa shape index (κ1) is 73.6. The van der Waals surface area contributed by atoms with Gasteiger partial charge in [-0.15, -0.1) is 0 Å². The standard InChI is InChI=1S/C64H108O22/c1-18-24-36(6)60(68)80-44(27-23-22-26-35(5)47(20-3)70-12)33-45(81-61(69)37(7)25-19-2)32-42-28-30-43(31-29-42)82-62-58(74-16)55(52(72-14)40(10)78-62)86-63-57(73-15)54(50(67)38(8)77-63)85-64-59(75-17)56(53(41(11)79-64)83-48(66)21-4)84-49-34-46(65)51(71-13)39(9)76-49/h28-31,35-41,44-47,49-59,62-65,67H,18-27,32-34H2,1-17H3/t35?,36?,37?,38?,39?,40?,41?,44?,45?,46?,47?,49-,50+,51+,52+,53-,54?,55?,56?,57?,58?,59?,62+,63+,64+/m0/s1. The lowest BCUT2D eigenvalue weighted by atomic mass is 9.94. The number of esters is 3. The number of ether oxygens (including phenoxy) is 17. The second kappa shape index (κ2) is 36.6. The second-order valence-electron chi connectivity index (χ2n) is 23.9. The summed E-state index contributed by atoms with van der Waals surface area (Å²) in [6.45, 7) is 20.9. The summed E-state index contributed by atoms with van der Waals surface area (Å²) in [5.41, 5.74) is 0.873. The molecular formula is C64H108O22. The molecule has 0 saturated carbocycles. The van der Waals surface area contributed by atoms with E-state index in [0.717, 1.165) is 50.5 Å². The van der Waals surface area contributed by atoms with E-state index < -0.39 is 135 Å². The number of aliphatic hydroxyl groups is 2. The average molecular weight is 1230 g/mol. The molecule has 4 heterocycles. The zero-order valence-electron chi connectivity index (χ0n) is 54.5. The van der Waals surface area contributed by atoms with E-state index in [9.17, 15) is 24.6 Å². The molecule has 1 aromatic carbocycles. The molecule has 5 rings (SSSR count). The van der Waals surface area contributed by atoms with Gasteiger partial charge < -0.3 is 90.7 Å². The van der Waals surface area contributed by atoms with Crippen LogP contribution in [0.1, 0.15) is 159 Å². The number of carbonyl (C=O) groups is 3. The predicted octanol–water partition coefficient (Wildman–Crippen LogP) is 7.96. The first-order chi connectivity index (χ1) is 41.1. The van der Waals surface area contributed by atoms with Gasteiger partial charge >= 0.3 is 17.9 Å². The van der Waals surface area contributed by atoms with Crippen LogP contribution >= 0.6 is 0 Å². The predicted molar refractivity (Wildman–Crippen MR) is 315 cm³/mol. The van der Waals surface area contributed by atoms with E-state index in [1.165, 1.54) is 35.5 Å². The van der Waals surface area contributed by atoms with Gasteiger partial charge in [0, 0.05) is 68.3 Å². The molecule has 496 valence electrons. The summed E-state index contributed by atoms with van der Waals surface area (Å²) in [4.78, 5) is 39.9. The lowest BCUT2D eigenvalue weighted by molar-refractivity contribution is -0.384. The normalized spacial score (nSPS) is 34.5. The lowest BCUT2D eigenvalue weighted by Crippen LogP contribution is -2.67. The fourth-order valence-electron chi connectivity index (χ4n) is 12.4. The largest absolute Gasteiger partial charge is 0.462 e. The average Bonchev–Trinajstić information content (AvgIpc) is 1.08. The summed E-state index contributed by atoms with van der Waals surface area (Å²) < 4.78 is 106. The van der Waals surface area contributed by atoms with Gasteiger partial charge in [-0.1, -0.05) is 79.9 Å². The van der Waals surface area contributed by atoms with Crippen LogP contribution in [0, 0.1) is 17.8 Å². The molecule has 4 fully saturated rings. The van der Waals surface area contributed by atoms with Gasteiger partial charge in [-0.2, -0.15) is 0 Å². The Balaban J connectivity index is 1.35. The Morgan fingerprint density at radius 3 is 1.60 bits per heavy atom. The summed E-state index contributed by atoms with van der Waals surface area (Å²) in [5, 5.41) is 22.8. The van der Waals surface area contributed by atoms with Crippen LogP contribution in [0.15, 0.2) is 24.3 Å². The molecule has 22 heteroatoms. The Bertz CT molecular complexity index is 2090. The SMILES string of the molecule is CCCC(C)C(=O)OC(CCCCC(C)C(CC)OC)CC(Cc1ccc(O[C@H]2OC(C)[C@@H](OC)C(O[C@H]3OC(C)[C@@H](O)C(O[C@H]4OC(C)[C@H](OC(=O)CC)C(O[C@H]5CC(O)[C@H](OC)C(C)O5)C4OC)C3OC)C2OC)cc1)OC(=O)C(C)CCC. The van der Waals surface area contributed by atoms with Gasteiger partial charge in [0.1, 0.15) is 72.9 Å². The Kier molecular flexibility index (Phi) is 31.3. The number of aliphatic hydroxyl groups excluding tert-OH is 2. The third kappa shape index (κ3) is 20.2. The molecule has 0 amide bonds. The van der Waals surface area contributed by atoms with Gasteiger partial charge in [0.05, 0.1) is 48.5 Å². The van der Waals surface area contributed by atoms with E-state index in [1.807, 2.05) is 58.9 Å². The summed E-state index contributed by atoms with van der Waals surface area (Å²) >= 11 is 0. The Morgan fingerprint density at radius 1 is 0.558 bits per heavy atom. The van der Waals surface area contributed by atoms with Crippen molar-refractivity contribution in [3.8, 4) is 5.75 Å². The Morgan fingerprint density at radius 2 is 1.06 bits per heavy atom. The van der Waals surface area contributed by atoms with Crippen molar-refractivity contribution >= 4 is 17.9 Å². The van der Waals surface area contributed by atoms with Crippen molar-refractivity contribution in [2.75, 3.05) is 42.7 Å². The number of carbonyl (C=O) groups excluding carboxylic acids is 3. The molecule has 25 atom stereocenters.